The van der Waals surface area contributed by atoms with E-state index in [9.17, 15) is 14.7 Å². The van der Waals surface area contributed by atoms with Crippen LogP contribution in [0.1, 0.15) is 25.1 Å². The zero-order valence-corrected chi connectivity index (χ0v) is 9.97. The second-order valence-corrected chi connectivity index (χ2v) is 3.91. The minimum atomic E-state index is -1.01. The quantitative estimate of drug-likeness (QED) is 0.631. The monoisotopic (exact) mass is 251 g/mol. The van der Waals surface area contributed by atoms with Crippen molar-refractivity contribution in [2.24, 2.45) is 7.05 Å². The molecule has 0 amide bonds. The van der Waals surface area contributed by atoms with Crippen molar-refractivity contribution in [2.75, 3.05) is 5.73 Å². The van der Waals surface area contributed by atoms with Crippen LogP contribution in [0.25, 0.3) is 11.2 Å². The molecule has 0 radical (unpaired) electrons. The number of H-pyrrole nitrogens is 1. The van der Waals surface area contributed by atoms with Crippen LogP contribution < -0.4 is 16.9 Å². The summed E-state index contributed by atoms with van der Waals surface area (Å²) >= 11 is 0. The lowest BCUT2D eigenvalue weighted by Gasteiger charge is -2.10. The molecule has 0 saturated heterocycles. The van der Waals surface area contributed by atoms with Crippen molar-refractivity contribution >= 4 is 17.1 Å². The molecule has 0 bridgehead atoms. The van der Waals surface area contributed by atoms with Crippen LogP contribution in [0.3, 0.4) is 0 Å². The number of nitrogens with two attached hydrogens (primary N) is 1. The minimum Gasteiger partial charge on any atom is -0.387 e. The molecule has 2 rings (SSSR count). The summed E-state index contributed by atoms with van der Waals surface area (Å²) in [5.74, 6) is -0.0897. The number of anilines is 1. The van der Waals surface area contributed by atoms with Crippen molar-refractivity contribution in [3.8, 4) is 0 Å². The summed E-state index contributed by atoms with van der Waals surface area (Å²) in [6, 6.07) is 0. The second kappa shape index (κ2) is 4.22. The van der Waals surface area contributed by atoms with Gasteiger partial charge < -0.3 is 10.8 Å². The van der Waals surface area contributed by atoms with E-state index in [-0.39, 0.29) is 22.8 Å². The number of aliphatic hydroxyl groups excluding tert-OH is 1. The Morgan fingerprint density at radius 3 is 2.72 bits per heavy atom. The van der Waals surface area contributed by atoms with Gasteiger partial charge in [0.25, 0.3) is 11.1 Å². The van der Waals surface area contributed by atoms with E-state index < -0.39 is 17.2 Å². The maximum absolute atomic E-state index is 12.0. The third-order valence-electron chi connectivity index (χ3n) is 2.67. The number of aromatic amines is 1. The fourth-order valence-electron chi connectivity index (χ4n) is 1.65. The molecule has 1 atom stereocenters. The zero-order valence-electron chi connectivity index (χ0n) is 9.97. The zero-order chi connectivity index (χ0) is 13.4. The van der Waals surface area contributed by atoms with E-state index in [1.807, 2.05) is 0 Å². The van der Waals surface area contributed by atoms with Gasteiger partial charge in [-0.3, -0.25) is 19.1 Å². The third kappa shape index (κ3) is 1.76. The number of aromatic nitrogens is 4. The summed E-state index contributed by atoms with van der Waals surface area (Å²) in [7, 11) is 1.45. The predicted molar refractivity (Wildman–Crippen MR) is 65.1 cm³/mol. The van der Waals surface area contributed by atoms with Gasteiger partial charge in [0.1, 0.15) is 11.8 Å². The second-order valence-electron chi connectivity index (χ2n) is 3.91. The maximum Gasteiger partial charge on any atom is 0.280 e. The molecule has 0 aliphatic carbocycles. The van der Waals surface area contributed by atoms with Crippen LogP contribution in [0, 0.1) is 0 Å². The van der Waals surface area contributed by atoms with Gasteiger partial charge in [-0.15, -0.1) is 0 Å². The normalized spacial score (nSPS) is 12.8. The van der Waals surface area contributed by atoms with Crippen LogP contribution in [0.5, 0.6) is 0 Å². The highest BCUT2D eigenvalue weighted by Gasteiger charge is 2.17. The first-order valence-corrected chi connectivity index (χ1v) is 5.40. The van der Waals surface area contributed by atoms with E-state index >= 15 is 0 Å². The summed E-state index contributed by atoms with van der Waals surface area (Å²) in [5.41, 5.74) is 4.38. The predicted octanol–water partition coefficient (Wildman–Crippen LogP) is -0.958. The molecule has 2 aromatic heterocycles. The van der Waals surface area contributed by atoms with Gasteiger partial charge in [0, 0.05) is 7.05 Å². The number of nitrogens with one attached hydrogen (secondary N) is 1. The summed E-state index contributed by atoms with van der Waals surface area (Å²) in [4.78, 5) is 33.7. The number of aryl methyl sites for hydroxylation is 1. The number of hydrogen-bond donors (Lipinski definition) is 3. The SMILES string of the molecule is CC[C@@H](O)c1nc2c(=O)[nH]c(N)nc2n(C)c1=O. The Bertz CT molecular complexity index is 718. The molecule has 18 heavy (non-hydrogen) atoms. The van der Waals surface area contributed by atoms with Gasteiger partial charge in [-0.05, 0) is 6.42 Å². The van der Waals surface area contributed by atoms with Gasteiger partial charge in [0.15, 0.2) is 11.2 Å². The third-order valence-corrected chi connectivity index (χ3v) is 2.67. The van der Waals surface area contributed by atoms with Crippen molar-refractivity contribution in [1.29, 1.82) is 0 Å². The molecule has 0 unspecified atom stereocenters. The highest BCUT2D eigenvalue weighted by Crippen LogP contribution is 2.11. The Kier molecular flexibility index (Phi) is 2.87. The van der Waals surface area contributed by atoms with E-state index in [1.54, 1.807) is 6.92 Å². The smallest absolute Gasteiger partial charge is 0.280 e. The molecule has 0 spiro atoms. The molecule has 2 aromatic rings. The van der Waals surface area contributed by atoms with Gasteiger partial charge in [0.05, 0.1) is 0 Å². The van der Waals surface area contributed by atoms with Gasteiger partial charge in [0.2, 0.25) is 5.95 Å². The molecule has 2 heterocycles. The average Bonchev–Trinajstić information content (AvgIpc) is 2.33. The first kappa shape index (κ1) is 12.2. The van der Waals surface area contributed by atoms with Gasteiger partial charge >= 0.3 is 0 Å². The lowest BCUT2D eigenvalue weighted by Crippen LogP contribution is -2.29. The summed E-state index contributed by atoms with van der Waals surface area (Å²) in [6.07, 6.45) is -0.682. The highest BCUT2D eigenvalue weighted by atomic mass is 16.3. The number of rotatable bonds is 2. The summed E-state index contributed by atoms with van der Waals surface area (Å²) < 4.78 is 1.15. The van der Waals surface area contributed by atoms with Crippen molar-refractivity contribution in [3.63, 3.8) is 0 Å². The summed E-state index contributed by atoms with van der Waals surface area (Å²) in [6.45, 7) is 1.71. The fourth-order valence-corrected chi connectivity index (χ4v) is 1.65. The molecular weight excluding hydrogens is 238 g/mol. The van der Waals surface area contributed by atoms with Crippen molar-refractivity contribution in [1.82, 2.24) is 19.5 Å². The van der Waals surface area contributed by atoms with Crippen LogP contribution in [-0.4, -0.2) is 24.6 Å². The van der Waals surface area contributed by atoms with Crippen LogP contribution in [0.4, 0.5) is 5.95 Å². The van der Waals surface area contributed by atoms with Crippen molar-refractivity contribution < 1.29 is 5.11 Å². The first-order chi connectivity index (χ1) is 8.45. The number of fused-ring (bicyclic) bond motifs is 1. The van der Waals surface area contributed by atoms with E-state index in [4.69, 9.17) is 5.73 Å². The molecule has 0 saturated carbocycles. The number of nitrogens with zero attached hydrogens (tertiary/aromatic N) is 3. The van der Waals surface area contributed by atoms with Gasteiger partial charge in [-0.2, -0.15) is 4.98 Å². The van der Waals surface area contributed by atoms with Crippen molar-refractivity contribution in [3.05, 3.63) is 26.4 Å². The standard InChI is InChI=1S/C10H13N5O3/c1-3-4(16)5-9(18)15(2)7-6(12-5)8(17)14-10(11)13-7/h4,16H,3H2,1-2H3,(H3,11,13,14,17)/t4-/m1/s1. The van der Waals surface area contributed by atoms with Crippen LogP contribution in [0.2, 0.25) is 0 Å². The van der Waals surface area contributed by atoms with Gasteiger partial charge in [-0.1, -0.05) is 6.92 Å². The molecule has 0 aromatic carbocycles. The number of nitrogen functional groups attached to an aromatic ring is 1. The highest BCUT2D eigenvalue weighted by molar-refractivity contribution is 5.70. The Morgan fingerprint density at radius 1 is 1.44 bits per heavy atom. The first-order valence-electron chi connectivity index (χ1n) is 5.40. The number of aliphatic hydroxyl groups is 1. The largest absolute Gasteiger partial charge is 0.387 e. The molecule has 0 aliphatic heterocycles. The molecule has 0 fully saturated rings. The number of hydrogen-bond acceptors (Lipinski definition) is 6. The molecule has 0 aliphatic rings. The maximum atomic E-state index is 12.0. The minimum absolute atomic E-state index is 0.0196. The molecule has 4 N–H and O–H groups in total. The lowest BCUT2D eigenvalue weighted by molar-refractivity contribution is 0.167. The Morgan fingerprint density at radius 2 is 2.11 bits per heavy atom. The Balaban J connectivity index is 2.93. The van der Waals surface area contributed by atoms with E-state index in [0.717, 1.165) is 4.57 Å². The lowest BCUT2D eigenvalue weighted by atomic mass is 10.2. The van der Waals surface area contributed by atoms with E-state index in [1.165, 1.54) is 7.05 Å². The molecule has 8 nitrogen and oxygen atoms in total. The van der Waals surface area contributed by atoms with Gasteiger partial charge in [-0.25, -0.2) is 4.98 Å². The van der Waals surface area contributed by atoms with E-state index in [2.05, 4.69) is 15.0 Å². The Labute approximate surface area is 101 Å². The molecule has 96 valence electrons. The Hall–Kier alpha value is -2.22. The molecular formula is C10H13N5O3. The van der Waals surface area contributed by atoms with Crippen LogP contribution in [0.15, 0.2) is 9.59 Å². The fraction of sp³-hybridized carbons (Fsp3) is 0.400. The van der Waals surface area contributed by atoms with Crippen LogP contribution >= 0.6 is 0 Å². The molecule has 8 heteroatoms. The van der Waals surface area contributed by atoms with E-state index in [0.29, 0.717) is 6.42 Å². The summed E-state index contributed by atoms with van der Waals surface area (Å²) in [5, 5.41) is 9.71. The van der Waals surface area contributed by atoms with Crippen molar-refractivity contribution in [2.45, 2.75) is 19.4 Å². The van der Waals surface area contributed by atoms with Crippen LogP contribution in [-0.2, 0) is 7.05 Å². The topological polar surface area (TPSA) is 127 Å². The average molecular weight is 251 g/mol.